The molecule has 5 atom stereocenters. The summed E-state index contributed by atoms with van der Waals surface area (Å²) in [5.74, 6) is 1.26. The number of nitriles is 1. The maximum atomic E-state index is 12.5. The van der Waals surface area contributed by atoms with Gasteiger partial charge in [-0.15, -0.1) is 0 Å². The van der Waals surface area contributed by atoms with Gasteiger partial charge in [-0.05, 0) is 37.6 Å². The molecule has 17 heavy (non-hydrogen) atoms. The van der Waals surface area contributed by atoms with Crippen LogP contribution in [0.15, 0.2) is 0 Å². The lowest BCUT2D eigenvalue weighted by molar-refractivity contribution is -0.135. The Labute approximate surface area is 102 Å². The van der Waals surface area contributed by atoms with E-state index in [0.29, 0.717) is 17.9 Å². The number of piperidine rings is 1. The van der Waals surface area contributed by atoms with Crippen molar-refractivity contribution >= 4 is 5.91 Å². The van der Waals surface area contributed by atoms with Crippen LogP contribution in [0.4, 0.5) is 0 Å². The topological polar surface area (TPSA) is 56.1 Å². The van der Waals surface area contributed by atoms with Gasteiger partial charge in [-0.2, -0.15) is 5.26 Å². The van der Waals surface area contributed by atoms with Crippen LogP contribution in [0.1, 0.15) is 32.6 Å². The lowest BCUT2D eigenvalue weighted by atomic mass is 9.96. The molecule has 0 bridgehead atoms. The second kappa shape index (κ2) is 3.99. The van der Waals surface area contributed by atoms with Gasteiger partial charge in [0.1, 0.15) is 6.04 Å². The van der Waals surface area contributed by atoms with Gasteiger partial charge in [0.15, 0.2) is 0 Å². The number of fused-ring (bicyclic) bond motifs is 1. The summed E-state index contributed by atoms with van der Waals surface area (Å²) in [6.45, 7) is 3.08. The maximum Gasteiger partial charge on any atom is 0.241 e. The van der Waals surface area contributed by atoms with E-state index in [0.717, 1.165) is 32.2 Å². The van der Waals surface area contributed by atoms with Crippen LogP contribution in [-0.2, 0) is 4.79 Å². The van der Waals surface area contributed by atoms with Crippen LogP contribution in [0, 0.1) is 23.2 Å². The number of rotatable bonds is 2. The highest BCUT2D eigenvalue weighted by atomic mass is 16.2. The highest BCUT2D eigenvalue weighted by molar-refractivity contribution is 5.84. The van der Waals surface area contributed by atoms with Crippen molar-refractivity contribution in [1.82, 2.24) is 10.2 Å². The molecule has 92 valence electrons. The Morgan fingerprint density at radius 2 is 2.35 bits per heavy atom. The SMILES string of the molecule is CC[C@H]1CCN[C@@H]1C(=O)N1[C@H](C#N)C[C@@H]2C[C@@H]21. The van der Waals surface area contributed by atoms with Crippen molar-refractivity contribution in [2.24, 2.45) is 11.8 Å². The largest absolute Gasteiger partial charge is 0.322 e. The van der Waals surface area contributed by atoms with E-state index >= 15 is 0 Å². The molecular weight excluding hydrogens is 214 g/mol. The summed E-state index contributed by atoms with van der Waals surface area (Å²) in [6.07, 6.45) is 4.15. The summed E-state index contributed by atoms with van der Waals surface area (Å²) in [5, 5.41) is 12.4. The van der Waals surface area contributed by atoms with Gasteiger partial charge in [0.25, 0.3) is 0 Å². The average Bonchev–Trinajstić information content (AvgIpc) is 2.82. The minimum absolute atomic E-state index is 0.0322. The van der Waals surface area contributed by atoms with Crippen molar-refractivity contribution in [3.8, 4) is 6.07 Å². The molecule has 0 unspecified atom stereocenters. The molecule has 1 amide bonds. The van der Waals surface area contributed by atoms with Gasteiger partial charge >= 0.3 is 0 Å². The van der Waals surface area contributed by atoms with Gasteiger partial charge in [-0.25, -0.2) is 0 Å². The minimum atomic E-state index is -0.161. The molecule has 0 spiro atoms. The first kappa shape index (κ1) is 11.0. The molecule has 3 aliphatic rings. The molecule has 0 aromatic rings. The number of carbonyl (C=O) groups excluding carboxylic acids is 1. The molecule has 2 saturated heterocycles. The van der Waals surface area contributed by atoms with Crippen molar-refractivity contribution in [1.29, 1.82) is 5.26 Å². The molecule has 4 heteroatoms. The van der Waals surface area contributed by atoms with E-state index in [1.165, 1.54) is 0 Å². The number of hydrogen-bond acceptors (Lipinski definition) is 3. The van der Waals surface area contributed by atoms with Crippen LogP contribution < -0.4 is 5.32 Å². The van der Waals surface area contributed by atoms with Crippen LogP contribution in [0.3, 0.4) is 0 Å². The normalized spacial score (nSPS) is 43.3. The third-order valence-corrected chi connectivity index (χ3v) is 4.65. The third-order valence-electron chi connectivity index (χ3n) is 4.65. The first-order chi connectivity index (χ1) is 8.26. The van der Waals surface area contributed by atoms with Crippen molar-refractivity contribution in [2.75, 3.05) is 6.54 Å². The molecule has 1 saturated carbocycles. The summed E-state index contributed by atoms with van der Waals surface area (Å²) in [6, 6.07) is 2.48. The summed E-state index contributed by atoms with van der Waals surface area (Å²) >= 11 is 0. The van der Waals surface area contributed by atoms with E-state index < -0.39 is 0 Å². The second-order valence-corrected chi connectivity index (χ2v) is 5.58. The molecule has 0 radical (unpaired) electrons. The highest BCUT2D eigenvalue weighted by Gasteiger charge is 2.55. The molecule has 0 aromatic carbocycles. The van der Waals surface area contributed by atoms with E-state index in [9.17, 15) is 4.79 Å². The summed E-state index contributed by atoms with van der Waals surface area (Å²) < 4.78 is 0. The molecule has 4 nitrogen and oxygen atoms in total. The first-order valence-electron chi connectivity index (χ1n) is 6.71. The maximum absolute atomic E-state index is 12.5. The Morgan fingerprint density at radius 1 is 1.53 bits per heavy atom. The Bertz CT molecular complexity index is 375. The van der Waals surface area contributed by atoms with E-state index in [2.05, 4.69) is 18.3 Å². The average molecular weight is 233 g/mol. The van der Waals surface area contributed by atoms with Gasteiger partial charge in [-0.1, -0.05) is 13.3 Å². The van der Waals surface area contributed by atoms with E-state index in [-0.39, 0.29) is 18.0 Å². The summed E-state index contributed by atoms with van der Waals surface area (Å²) in [5.41, 5.74) is 0. The number of hydrogen-bond donors (Lipinski definition) is 1. The monoisotopic (exact) mass is 233 g/mol. The molecule has 3 fully saturated rings. The van der Waals surface area contributed by atoms with Crippen molar-refractivity contribution in [2.45, 2.75) is 50.7 Å². The molecule has 3 rings (SSSR count). The Balaban J connectivity index is 1.75. The van der Waals surface area contributed by atoms with Crippen LogP contribution >= 0.6 is 0 Å². The zero-order chi connectivity index (χ0) is 12.0. The number of amides is 1. The second-order valence-electron chi connectivity index (χ2n) is 5.58. The molecule has 1 aliphatic carbocycles. The van der Waals surface area contributed by atoms with Gasteiger partial charge in [0.2, 0.25) is 5.91 Å². The summed E-state index contributed by atoms with van der Waals surface area (Å²) in [7, 11) is 0. The number of likely N-dealkylation sites (tertiary alicyclic amines) is 1. The van der Waals surface area contributed by atoms with E-state index in [4.69, 9.17) is 5.26 Å². The fraction of sp³-hybridized carbons (Fsp3) is 0.846. The molecule has 0 aromatic heterocycles. The number of nitrogens with zero attached hydrogens (tertiary/aromatic N) is 2. The molecular formula is C13H19N3O. The van der Waals surface area contributed by atoms with Gasteiger partial charge in [0, 0.05) is 6.04 Å². The zero-order valence-electron chi connectivity index (χ0n) is 10.2. The van der Waals surface area contributed by atoms with Gasteiger partial charge in [-0.3, -0.25) is 4.79 Å². The molecule has 2 aliphatic heterocycles. The Kier molecular flexibility index (Phi) is 2.59. The van der Waals surface area contributed by atoms with Crippen molar-refractivity contribution in [3.05, 3.63) is 0 Å². The molecule has 1 N–H and O–H groups in total. The van der Waals surface area contributed by atoms with E-state index in [1.54, 1.807) is 0 Å². The lowest BCUT2D eigenvalue weighted by Crippen LogP contribution is -2.49. The van der Waals surface area contributed by atoms with Crippen molar-refractivity contribution < 1.29 is 4.79 Å². The fourth-order valence-corrected chi connectivity index (χ4v) is 3.54. The van der Waals surface area contributed by atoms with Crippen LogP contribution in [0.2, 0.25) is 0 Å². The number of carbonyl (C=O) groups is 1. The fourth-order valence-electron chi connectivity index (χ4n) is 3.54. The van der Waals surface area contributed by atoms with Crippen LogP contribution in [-0.4, -0.2) is 35.5 Å². The lowest BCUT2D eigenvalue weighted by Gasteiger charge is -2.28. The summed E-state index contributed by atoms with van der Waals surface area (Å²) in [4.78, 5) is 14.4. The Morgan fingerprint density at radius 3 is 3.06 bits per heavy atom. The van der Waals surface area contributed by atoms with Crippen molar-refractivity contribution in [3.63, 3.8) is 0 Å². The van der Waals surface area contributed by atoms with Crippen LogP contribution in [0.5, 0.6) is 0 Å². The quantitative estimate of drug-likeness (QED) is 0.770. The number of nitrogens with one attached hydrogen (secondary N) is 1. The predicted octanol–water partition coefficient (Wildman–Crippen LogP) is 0.887. The highest BCUT2D eigenvalue weighted by Crippen LogP contribution is 2.48. The minimum Gasteiger partial charge on any atom is -0.322 e. The Hall–Kier alpha value is -1.08. The van der Waals surface area contributed by atoms with Gasteiger partial charge in [0.05, 0.1) is 12.1 Å². The zero-order valence-corrected chi connectivity index (χ0v) is 10.2. The molecule has 2 heterocycles. The third kappa shape index (κ3) is 1.64. The van der Waals surface area contributed by atoms with Gasteiger partial charge < -0.3 is 10.2 Å². The predicted molar refractivity (Wildman–Crippen MR) is 62.9 cm³/mol. The standard InChI is InChI=1S/C13H19N3O/c1-2-8-3-4-15-12(8)13(17)16-10(7-14)5-9-6-11(9)16/h8-12,15H,2-6H2,1H3/t8-,9+,10-,11-,12-/m0/s1. The van der Waals surface area contributed by atoms with Crippen LogP contribution in [0.25, 0.3) is 0 Å². The smallest absolute Gasteiger partial charge is 0.241 e. The van der Waals surface area contributed by atoms with E-state index in [1.807, 2.05) is 4.90 Å². The first-order valence-corrected chi connectivity index (χ1v) is 6.71.